The van der Waals surface area contributed by atoms with Crippen LogP contribution in [0.3, 0.4) is 0 Å². The Morgan fingerprint density at radius 1 is 1.22 bits per heavy atom. The van der Waals surface area contributed by atoms with Crippen LogP contribution in [-0.2, 0) is 14.3 Å². The molecule has 0 aromatic rings. The molecule has 0 spiro atoms. The van der Waals surface area contributed by atoms with Crippen LogP contribution in [-0.4, -0.2) is 53.7 Å². The number of aliphatic carboxylic acids is 1. The Hall–Kier alpha value is -1.79. The molecule has 0 aromatic carbocycles. The predicted octanol–water partition coefficient (Wildman–Crippen LogP) is 1.47. The number of likely N-dealkylation sites (tertiary alicyclic amines) is 1. The van der Waals surface area contributed by atoms with Crippen LogP contribution in [0.5, 0.6) is 0 Å². The number of amides is 2. The van der Waals surface area contributed by atoms with Crippen LogP contribution >= 0.6 is 0 Å². The zero-order valence-electron chi connectivity index (χ0n) is 14.2. The monoisotopic (exact) mass is 326 g/mol. The summed E-state index contributed by atoms with van der Waals surface area (Å²) in [6.45, 7) is 5.91. The summed E-state index contributed by atoms with van der Waals surface area (Å²) in [6.07, 6.45) is 2.10. The molecule has 2 unspecified atom stereocenters. The van der Waals surface area contributed by atoms with Gasteiger partial charge in [0.2, 0.25) is 5.91 Å². The molecule has 130 valence electrons. The van der Waals surface area contributed by atoms with Gasteiger partial charge in [-0.15, -0.1) is 0 Å². The molecule has 2 aliphatic rings. The quantitative estimate of drug-likeness (QED) is 0.815. The van der Waals surface area contributed by atoms with Crippen LogP contribution in [0.4, 0.5) is 4.79 Å². The molecule has 1 saturated carbocycles. The Bertz CT molecular complexity index is 495. The second-order valence-corrected chi connectivity index (χ2v) is 7.54. The summed E-state index contributed by atoms with van der Waals surface area (Å²) in [5, 5.41) is 12.1. The number of hydrogen-bond donors (Lipinski definition) is 2. The minimum Gasteiger partial charge on any atom is -0.480 e. The first kappa shape index (κ1) is 17.6. The van der Waals surface area contributed by atoms with Crippen molar-refractivity contribution in [2.75, 3.05) is 13.7 Å². The van der Waals surface area contributed by atoms with Crippen molar-refractivity contribution in [1.82, 2.24) is 10.2 Å². The maximum absolute atomic E-state index is 12.9. The van der Waals surface area contributed by atoms with Crippen molar-refractivity contribution >= 4 is 18.0 Å². The van der Waals surface area contributed by atoms with E-state index in [9.17, 15) is 19.5 Å². The highest BCUT2D eigenvalue weighted by Gasteiger charge is 2.50. The summed E-state index contributed by atoms with van der Waals surface area (Å²) in [4.78, 5) is 37.6. The maximum Gasteiger partial charge on any atom is 0.407 e. The number of carboxylic acids is 1. The molecule has 1 saturated heterocycles. The highest BCUT2D eigenvalue weighted by molar-refractivity contribution is 5.90. The third-order valence-electron chi connectivity index (χ3n) is 4.77. The van der Waals surface area contributed by atoms with E-state index in [1.807, 2.05) is 20.8 Å². The molecule has 3 atom stereocenters. The van der Waals surface area contributed by atoms with E-state index in [-0.39, 0.29) is 11.8 Å². The van der Waals surface area contributed by atoms with Crippen molar-refractivity contribution in [2.45, 2.75) is 52.1 Å². The Labute approximate surface area is 136 Å². The SMILES string of the molecule is COC(=O)N[C@H](C(=O)N1CCC(C2CC2)C1C(=O)O)C(C)(C)C. The van der Waals surface area contributed by atoms with Crippen molar-refractivity contribution in [3.05, 3.63) is 0 Å². The van der Waals surface area contributed by atoms with Gasteiger partial charge < -0.3 is 20.1 Å². The molecule has 7 heteroatoms. The molecule has 1 aliphatic heterocycles. The fourth-order valence-corrected chi connectivity index (χ4v) is 3.39. The highest BCUT2D eigenvalue weighted by atomic mass is 16.5. The van der Waals surface area contributed by atoms with E-state index in [4.69, 9.17) is 0 Å². The first-order valence-electron chi connectivity index (χ1n) is 8.04. The fourth-order valence-electron chi connectivity index (χ4n) is 3.39. The van der Waals surface area contributed by atoms with Crippen LogP contribution < -0.4 is 5.32 Å². The van der Waals surface area contributed by atoms with Gasteiger partial charge in [-0.25, -0.2) is 9.59 Å². The topological polar surface area (TPSA) is 95.9 Å². The van der Waals surface area contributed by atoms with Crippen molar-refractivity contribution in [3.63, 3.8) is 0 Å². The summed E-state index contributed by atoms with van der Waals surface area (Å²) >= 11 is 0. The molecule has 7 nitrogen and oxygen atoms in total. The van der Waals surface area contributed by atoms with Gasteiger partial charge in [-0.3, -0.25) is 4.79 Å². The Morgan fingerprint density at radius 2 is 1.83 bits per heavy atom. The summed E-state index contributed by atoms with van der Waals surface area (Å²) in [6, 6.07) is -1.62. The summed E-state index contributed by atoms with van der Waals surface area (Å²) in [5.41, 5.74) is -0.550. The molecule has 0 bridgehead atoms. The fraction of sp³-hybridized carbons (Fsp3) is 0.812. The highest BCUT2D eigenvalue weighted by Crippen LogP contribution is 2.45. The van der Waals surface area contributed by atoms with Crippen LogP contribution in [0, 0.1) is 17.3 Å². The Balaban J connectivity index is 2.20. The van der Waals surface area contributed by atoms with Gasteiger partial charge >= 0.3 is 12.1 Å². The van der Waals surface area contributed by atoms with Gasteiger partial charge in [0.15, 0.2) is 0 Å². The van der Waals surface area contributed by atoms with E-state index >= 15 is 0 Å². The number of carboxylic acid groups (broad SMARTS) is 1. The molecule has 2 amide bonds. The number of carbonyl (C=O) groups is 3. The van der Waals surface area contributed by atoms with Gasteiger partial charge in [0.1, 0.15) is 12.1 Å². The summed E-state index contributed by atoms with van der Waals surface area (Å²) < 4.78 is 4.60. The summed E-state index contributed by atoms with van der Waals surface area (Å²) in [5.74, 6) is -0.873. The number of rotatable bonds is 4. The molecule has 0 radical (unpaired) electrons. The van der Waals surface area contributed by atoms with Crippen molar-refractivity contribution in [1.29, 1.82) is 0 Å². The van der Waals surface area contributed by atoms with Crippen molar-refractivity contribution in [2.24, 2.45) is 17.3 Å². The second-order valence-electron chi connectivity index (χ2n) is 7.54. The van der Waals surface area contributed by atoms with Crippen molar-refractivity contribution in [3.8, 4) is 0 Å². The predicted molar refractivity (Wildman–Crippen MR) is 82.8 cm³/mol. The molecule has 2 fully saturated rings. The maximum atomic E-state index is 12.9. The first-order chi connectivity index (χ1) is 10.7. The Morgan fingerprint density at radius 3 is 2.26 bits per heavy atom. The van der Waals surface area contributed by atoms with Gasteiger partial charge in [0.25, 0.3) is 0 Å². The van der Waals surface area contributed by atoms with E-state index in [1.54, 1.807) is 0 Å². The largest absolute Gasteiger partial charge is 0.480 e. The molecule has 2 N–H and O–H groups in total. The third-order valence-corrected chi connectivity index (χ3v) is 4.77. The number of hydrogen-bond acceptors (Lipinski definition) is 4. The molecular formula is C16H26N2O5. The normalized spacial score (nSPS) is 25.8. The van der Waals surface area contributed by atoms with E-state index in [2.05, 4.69) is 10.1 Å². The minimum atomic E-state index is -0.960. The number of nitrogens with one attached hydrogen (secondary N) is 1. The standard InChI is InChI=1S/C16H26N2O5/c1-16(2,3)12(17-15(22)23-4)13(19)18-8-7-10(9-5-6-9)11(18)14(20)21/h9-12H,5-8H2,1-4H3,(H,17,22)(H,20,21)/t10?,11?,12-/m1/s1. The lowest BCUT2D eigenvalue weighted by Crippen LogP contribution is -2.57. The van der Waals surface area contributed by atoms with E-state index in [0.29, 0.717) is 18.9 Å². The van der Waals surface area contributed by atoms with Gasteiger partial charge in [-0.05, 0) is 36.5 Å². The third kappa shape index (κ3) is 3.76. The molecule has 1 aliphatic carbocycles. The number of methoxy groups -OCH3 is 1. The van der Waals surface area contributed by atoms with Crippen LogP contribution in [0.2, 0.25) is 0 Å². The first-order valence-corrected chi connectivity index (χ1v) is 8.04. The Kier molecular flexibility index (Phi) is 4.87. The lowest BCUT2D eigenvalue weighted by atomic mass is 9.85. The molecule has 23 heavy (non-hydrogen) atoms. The van der Waals surface area contributed by atoms with Gasteiger partial charge in [0.05, 0.1) is 7.11 Å². The van der Waals surface area contributed by atoms with E-state index in [0.717, 1.165) is 12.8 Å². The van der Waals surface area contributed by atoms with Gasteiger partial charge in [-0.1, -0.05) is 20.8 Å². The number of carbonyl (C=O) groups excluding carboxylic acids is 2. The molecule has 0 aromatic heterocycles. The van der Waals surface area contributed by atoms with Gasteiger partial charge in [0, 0.05) is 6.54 Å². The zero-order chi connectivity index (χ0) is 17.4. The van der Waals surface area contributed by atoms with E-state index in [1.165, 1.54) is 12.0 Å². The molecular weight excluding hydrogens is 300 g/mol. The van der Waals surface area contributed by atoms with Crippen molar-refractivity contribution < 1.29 is 24.2 Å². The summed E-state index contributed by atoms with van der Waals surface area (Å²) in [7, 11) is 1.23. The van der Waals surface area contributed by atoms with E-state index < -0.39 is 29.6 Å². The lowest BCUT2D eigenvalue weighted by Gasteiger charge is -2.35. The second kappa shape index (κ2) is 6.37. The molecule has 2 rings (SSSR count). The lowest BCUT2D eigenvalue weighted by molar-refractivity contribution is -0.151. The van der Waals surface area contributed by atoms with Crippen LogP contribution in [0.1, 0.15) is 40.0 Å². The van der Waals surface area contributed by atoms with Crippen LogP contribution in [0.15, 0.2) is 0 Å². The number of alkyl carbamates (subject to hydrolysis) is 1. The van der Waals surface area contributed by atoms with Crippen LogP contribution in [0.25, 0.3) is 0 Å². The average molecular weight is 326 g/mol. The zero-order valence-corrected chi connectivity index (χ0v) is 14.2. The minimum absolute atomic E-state index is 0.0233. The number of nitrogens with zero attached hydrogens (tertiary/aromatic N) is 1. The molecule has 1 heterocycles. The smallest absolute Gasteiger partial charge is 0.407 e. The number of ether oxygens (including phenoxy) is 1. The average Bonchev–Trinajstić information content (AvgIpc) is 3.20. The van der Waals surface area contributed by atoms with Gasteiger partial charge in [-0.2, -0.15) is 0 Å².